The fourth-order valence-corrected chi connectivity index (χ4v) is 1.39. The molecule has 7 heteroatoms. The number of rotatable bonds is 5. The van der Waals surface area contributed by atoms with Crippen LogP contribution in [0.5, 0.6) is 0 Å². The number of carbonyl (C=O) groups is 1. The van der Waals surface area contributed by atoms with Crippen molar-refractivity contribution >= 4 is 29.1 Å². The summed E-state index contributed by atoms with van der Waals surface area (Å²) in [6.07, 6.45) is -0.501. The molecule has 0 unspecified atom stereocenters. The van der Waals surface area contributed by atoms with Crippen molar-refractivity contribution in [2.45, 2.75) is 19.9 Å². The number of nitrogens with zero attached hydrogens (tertiary/aromatic N) is 1. The minimum Gasteiger partial charge on any atom is -0.443 e. The second-order valence-electron chi connectivity index (χ2n) is 4.28. The van der Waals surface area contributed by atoms with E-state index in [0.717, 1.165) is 5.56 Å². The van der Waals surface area contributed by atoms with E-state index in [1.807, 2.05) is 44.2 Å². The SMILES string of the molecule is CC(C)NC(=O)OC/C(=N\NC(N)=S)c1ccccc1. The molecule has 1 aromatic carbocycles. The quantitative estimate of drug-likeness (QED) is 0.433. The number of nitrogens with two attached hydrogens (primary N) is 1. The van der Waals surface area contributed by atoms with E-state index in [0.29, 0.717) is 5.71 Å². The normalized spacial score (nSPS) is 11.1. The van der Waals surface area contributed by atoms with Gasteiger partial charge < -0.3 is 15.8 Å². The largest absolute Gasteiger partial charge is 0.443 e. The van der Waals surface area contributed by atoms with Gasteiger partial charge in [-0.25, -0.2) is 4.79 Å². The third-order valence-corrected chi connectivity index (χ3v) is 2.25. The van der Waals surface area contributed by atoms with Crippen LogP contribution in [0.25, 0.3) is 0 Å². The number of alkyl carbamates (subject to hydrolysis) is 1. The molecule has 108 valence electrons. The van der Waals surface area contributed by atoms with E-state index in [2.05, 4.69) is 15.8 Å². The minimum absolute atomic E-state index is 0.00867. The Balaban J connectivity index is 2.72. The first-order chi connectivity index (χ1) is 9.49. The molecule has 0 aliphatic rings. The number of benzene rings is 1. The number of amides is 1. The Morgan fingerprint density at radius 2 is 2.05 bits per heavy atom. The standard InChI is InChI=1S/C13H18N4O2S/c1-9(2)15-13(18)19-8-11(16-17-12(14)20)10-6-4-3-5-7-10/h3-7,9H,8H2,1-2H3,(H,15,18)(H3,14,17,20)/b16-11+. The molecule has 0 spiro atoms. The number of hydrogen-bond donors (Lipinski definition) is 3. The van der Waals surface area contributed by atoms with Crippen molar-refractivity contribution in [2.24, 2.45) is 10.8 Å². The molecule has 0 atom stereocenters. The van der Waals surface area contributed by atoms with E-state index >= 15 is 0 Å². The van der Waals surface area contributed by atoms with Crippen LogP contribution in [0.15, 0.2) is 35.4 Å². The predicted octanol–water partition coefficient (Wildman–Crippen LogP) is 1.36. The highest BCUT2D eigenvalue weighted by Gasteiger charge is 2.09. The average molecular weight is 294 g/mol. The molecule has 6 nitrogen and oxygen atoms in total. The van der Waals surface area contributed by atoms with Crippen molar-refractivity contribution in [1.82, 2.24) is 10.7 Å². The van der Waals surface area contributed by atoms with Crippen molar-refractivity contribution in [3.8, 4) is 0 Å². The molecule has 1 rings (SSSR count). The van der Waals surface area contributed by atoms with Gasteiger partial charge in [0.05, 0.1) is 0 Å². The summed E-state index contributed by atoms with van der Waals surface area (Å²) in [5, 5.41) is 6.71. The molecular formula is C13H18N4O2S. The van der Waals surface area contributed by atoms with Gasteiger partial charge in [-0.2, -0.15) is 5.10 Å². The van der Waals surface area contributed by atoms with Crippen molar-refractivity contribution in [3.63, 3.8) is 0 Å². The van der Waals surface area contributed by atoms with Crippen LogP contribution < -0.4 is 16.5 Å². The van der Waals surface area contributed by atoms with Gasteiger partial charge in [0, 0.05) is 11.6 Å². The second kappa shape index (κ2) is 8.11. The molecule has 0 saturated heterocycles. The van der Waals surface area contributed by atoms with Gasteiger partial charge in [-0.05, 0) is 26.1 Å². The lowest BCUT2D eigenvalue weighted by Gasteiger charge is -2.11. The van der Waals surface area contributed by atoms with Crippen LogP contribution in [0, 0.1) is 0 Å². The number of nitrogens with one attached hydrogen (secondary N) is 2. The molecule has 0 fully saturated rings. The highest BCUT2D eigenvalue weighted by molar-refractivity contribution is 7.80. The highest BCUT2D eigenvalue weighted by atomic mass is 32.1. The topological polar surface area (TPSA) is 88.7 Å². The van der Waals surface area contributed by atoms with Crippen molar-refractivity contribution in [3.05, 3.63) is 35.9 Å². The number of hydrogen-bond acceptors (Lipinski definition) is 4. The number of thiocarbonyl (C=S) groups is 1. The molecular weight excluding hydrogens is 276 g/mol. The number of hydrazone groups is 1. The van der Waals surface area contributed by atoms with E-state index in [-0.39, 0.29) is 17.8 Å². The Morgan fingerprint density at radius 3 is 2.60 bits per heavy atom. The van der Waals surface area contributed by atoms with Gasteiger partial charge >= 0.3 is 6.09 Å². The van der Waals surface area contributed by atoms with Crippen LogP contribution >= 0.6 is 12.2 Å². The molecule has 0 bridgehead atoms. The highest BCUT2D eigenvalue weighted by Crippen LogP contribution is 2.02. The van der Waals surface area contributed by atoms with E-state index in [1.54, 1.807) is 0 Å². The van der Waals surface area contributed by atoms with Gasteiger partial charge in [-0.3, -0.25) is 5.43 Å². The predicted molar refractivity (Wildman–Crippen MR) is 82.5 cm³/mol. The molecule has 0 aromatic heterocycles. The first-order valence-electron chi connectivity index (χ1n) is 6.09. The molecule has 0 saturated carbocycles. The Morgan fingerprint density at radius 1 is 1.40 bits per heavy atom. The molecule has 0 aliphatic heterocycles. The molecule has 0 aliphatic carbocycles. The molecule has 0 radical (unpaired) electrons. The van der Waals surface area contributed by atoms with Gasteiger partial charge in [0.2, 0.25) is 0 Å². The summed E-state index contributed by atoms with van der Waals surface area (Å²) in [6.45, 7) is 3.71. The van der Waals surface area contributed by atoms with Crippen molar-refractivity contribution < 1.29 is 9.53 Å². The molecule has 1 amide bonds. The first-order valence-corrected chi connectivity index (χ1v) is 6.50. The maximum Gasteiger partial charge on any atom is 0.407 e. The Labute approximate surface area is 123 Å². The Kier molecular flexibility index (Phi) is 6.45. The molecule has 1 aromatic rings. The van der Waals surface area contributed by atoms with E-state index < -0.39 is 6.09 Å². The fraction of sp³-hybridized carbons (Fsp3) is 0.308. The van der Waals surface area contributed by atoms with Gasteiger partial charge in [0.25, 0.3) is 0 Å². The Bertz CT molecular complexity index is 488. The zero-order valence-corrected chi connectivity index (χ0v) is 12.2. The lowest BCUT2D eigenvalue weighted by Crippen LogP contribution is -2.33. The van der Waals surface area contributed by atoms with Crippen LogP contribution in [0.1, 0.15) is 19.4 Å². The van der Waals surface area contributed by atoms with Crippen molar-refractivity contribution in [1.29, 1.82) is 0 Å². The van der Waals surface area contributed by atoms with Gasteiger partial charge in [-0.1, -0.05) is 30.3 Å². The van der Waals surface area contributed by atoms with Crippen LogP contribution in [0.2, 0.25) is 0 Å². The lowest BCUT2D eigenvalue weighted by molar-refractivity contribution is 0.159. The summed E-state index contributed by atoms with van der Waals surface area (Å²) in [6, 6.07) is 9.32. The summed E-state index contributed by atoms with van der Waals surface area (Å²) in [7, 11) is 0. The van der Waals surface area contributed by atoms with Crippen LogP contribution in [0.4, 0.5) is 4.79 Å². The smallest absolute Gasteiger partial charge is 0.407 e. The fourth-order valence-electron chi connectivity index (χ4n) is 1.34. The maximum atomic E-state index is 11.5. The van der Waals surface area contributed by atoms with Gasteiger partial charge in [0.1, 0.15) is 12.3 Å². The van der Waals surface area contributed by atoms with Crippen molar-refractivity contribution in [2.75, 3.05) is 6.61 Å². The minimum atomic E-state index is -0.501. The van der Waals surface area contributed by atoms with Gasteiger partial charge in [-0.15, -0.1) is 0 Å². The van der Waals surface area contributed by atoms with Crippen LogP contribution in [0.3, 0.4) is 0 Å². The monoisotopic (exact) mass is 294 g/mol. The zero-order valence-electron chi connectivity index (χ0n) is 11.4. The molecule has 20 heavy (non-hydrogen) atoms. The third kappa shape index (κ3) is 6.14. The zero-order chi connectivity index (χ0) is 15.0. The first kappa shape index (κ1) is 15.9. The summed E-state index contributed by atoms with van der Waals surface area (Å²) in [4.78, 5) is 11.5. The van der Waals surface area contributed by atoms with E-state index in [9.17, 15) is 4.79 Å². The molecule has 4 N–H and O–H groups in total. The van der Waals surface area contributed by atoms with Gasteiger partial charge in [0.15, 0.2) is 5.11 Å². The summed E-state index contributed by atoms with van der Waals surface area (Å²) in [5.41, 5.74) is 9.17. The summed E-state index contributed by atoms with van der Waals surface area (Å²) < 4.78 is 5.10. The average Bonchev–Trinajstić information content (AvgIpc) is 2.38. The lowest BCUT2D eigenvalue weighted by atomic mass is 10.1. The summed E-state index contributed by atoms with van der Waals surface area (Å²) in [5.74, 6) is 0. The number of ether oxygens (including phenoxy) is 1. The Hall–Kier alpha value is -2.15. The second-order valence-corrected chi connectivity index (χ2v) is 4.72. The van der Waals surface area contributed by atoms with Crippen LogP contribution in [-0.2, 0) is 4.74 Å². The van der Waals surface area contributed by atoms with E-state index in [1.165, 1.54) is 0 Å². The number of carbonyl (C=O) groups excluding carboxylic acids is 1. The van der Waals surface area contributed by atoms with Crippen LogP contribution in [-0.4, -0.2) is 29.6 Å². The maximum absolute atomic E-state index is 11.5. The third-order valence-electron chi connectivity index (χ3n) is 2.15. The van der Waals surface area contributed by atoms with E-state index in [4.69, 9.17) is 22.7 Å². The molecule has 0 heterocycles. The summed E-state index contributed by atoms with van der Waals surface area (Å²) >= 11 is 4.70.